The van der Waals surface area contributed by atoms with Gasteiger partial charge >= 0.3 is 11.9 Å². The van der Waals surface area contributed by atoms with Crippen LogP contribution in [0.25, 0.3) is 0 Å². The van der Waals surface area contributed by atoms with Gasteiger partial charge in [-0.1, -0.05) is 0 Å². The highest BCUT2D eigenvalue weighted by Gasteiger charge is 2.48. The standard InChI is InChI=1S/C13H15NO9/c14-4-1-2-5(11(18)19)6(3-4)22-13-9(17)7(15)8(16)10(23-13)12(20)21/h1-3,7-10,13,15-17H,14H2,(H,18,19)(H,20,21)/t7-,8-,9+,10-,13+/m0/s1. The van der Waals surface area contributed by atoms with Crippen LogP contribution in [0, 0.1) is 0 Å². The Balaban J connectivity index is 2.30. The van der Waals surface area contributed by atoms with E-state index in [4.69, 9.17) is 25.4 Å². The third-order valence-corrected chi connectivity index (χ3v) is 3.29. The Morgan fingerprint density at radius 1 is 1.09 bits per heavy atom. The Morgan fingerprint density at radius 3 is 2.30 bits per heavy atom. The molecule has 126 valence electrons. The second-order valence-corrected chi connectivity index (χ2v) is 4.91. The van der Waals surface area contributed by atoms with Gasteiger partial charge in [-0.15, -0.1) is 0 Å². The smallest absolute Gasteiger partial charge is 0.339 e. The summed E-state index contributed by atoms with van der Waals surface area (Å²) in [6, 6.07) is 3.61. The van der Waals surface area contributed by atoms with Gasteiger partial charge in [-0.25, -0.2) is 9.59 Å². The minimum Gasteiger partial charge on any atom is -0.479 e. The maximum absolute atomic E-state index is 11.1. The number of carboxylic acid groups (broad SMARTS) is 2. The van der Waals surface area contributed by atoms with E-state index in [1.165, 1.54) is 6.07 Å². The van der Waals surface area contributed by atoms with Crippen molar-refractivity contribution in [1.82, 2.24) is 0 Å². The number of aliphatic carboxylic acids is 1. The number of nitrogen functional groups attached to an aromatic ring is 1. The highest BCUT2D eigenvalue weighted by atomic mass is 16.7. The van der Waals surface area contributed by atoms with Crippen LogP contribution in [0.1, 0.15) is 10.4 Å². The van der Waals surface area contributed by atoms with Crippen LogP contribution < -0.4 is 10.5 Å². The van der Waals surface area contributed by atoms with Crippen LogP contribution in [0.5, 0.6) is 5.75 Å². The summed E-state index contributed by atoms with van der Waals surface area (Å²) < 4.78 is 10.1. The van der Waals surface area contributed by atoms with Crippen molar-refractivity contribution >= 4 is 17.6 Å². The Labute approximate surface area is 129 Å². The third-order valence-electron chi connectivity index (χ3n) is 3.29. The van der Waals surface area contributed by atoms with Crippen LogP contribution >= 0.6 is 0 Å². The number of aliphatic hydroxyl groups excluding tert-OH is 3. The molecule has 0 saturated carbocycles. The molecule has 1 fully saturated rings. The van der Waals surface area contributed by atoms with Gasteiger partial charge in [0.05, 0.1) is 0 Å². The first kappa shape index (κ1) is 17.0. The number of ether oxygens (including phenoxy) is 2. The van der Waals surface area contributed by atoms with Crippen LogP contribution in [0.15, 0.2) is 18.2 Å². The topological polar surface area (TPSA) is 180 Å². The lowest BCUT2D eigenvalue weighted by atomic mass is 9.99. The van der Waals surface area contributed by atoms with Gasteiger partial charge < -0.3 is 40.7 Å². The molecular formula is C13H15NO9. The van der Waals surface area contributed by atoms with E-state index in [9.17, 15) is 24.9 Å². The highest BCUT2D eigenvalue weighted by Crippen LogP contribution is 2.28. The maximum atomic E-state index is 11.1. The predicted molar refractivity (Wildman–Crippen MR) is 72.8 cm³/mol. The van der Waals surface area contributed by atoms with Crippen molar-refractivity contribution in [3.8, 4) is 5.75 Å². The lowest BCUT2D eigenvalue weighted by Gasteiger charge is -2.38. The van der Waals surface area contributed by atoms with E-state index in [0.717, 1.165) is 12.1 Å². The SMILES string of the molecule is Nc1ccc(C(=O)O)c(O[C@@H]2O[C@H](C(=O)O)[C@@H](O)[C@H](O)[C@H]2O)c1. The van der Waals surface area contributed by atoms with Crippen molar-refractivity contribution in [2.24, 2.45) is 0 Å². The number of anilines is 1. The Kier molecular flexibility index (Phi) is 4.71. The van der Waals surface area contributed by atoms with Crippen molar-refractivity contribution in [2.45, 2.75) is 30.7 Å². The summed E-state index contributed by atoms with van der Waals surface area (Å²) in [6.07, 6.45) is -9.10. The largest absolute Gasteiger partial charge is 0.479 e. The van der Waals surface area contributed by atoms with Crippen LogP contribution in [0.3, 0.4) is 0 Å². The molecule has 0 aliphatic carbocycles. The molecular weight excluding hydrogens is 314 g/mol. The molecule has 1 heterocycles. The van der Waals surface area contributed by atoms with E-state index in [2.05, 4.69) is 0 Å². The molecule has 0 aromatic heterocycles. The van der Waals surface area contributed by atoms with E-state index in [-0.39, 0.29) is 17.0 Å². The Morgan fingerprint density at radius 2 is 1.74 bits per heavy atom. The van der Waals surface area contributed by atoms with Gasteiger partial charge in [-0.2, -0.15) is 0 Å². The molecule has 0 radical (unpaired) electrons. The molecule has 5 atom stereocenters. The molecule has 1 saturated heterocycles. The van der Waals surface area contributed by atoms with Crippen molar-refractivity contribution < 1.29 is 44.6 Å². The second kappa shape index (κ2) is 6.38. The first-order valence-electron chi connectivity index (χ1n) is 6.44. The van der Waals surface area contributed by atoms with E-state index in [1.807, 2.05) is 0 Å². The summed E-state index contributed by atoms with van der Waals surface area (Å²) in [6.45, 7) is 0. The Bertz CT molecular complexity index is 619. The number of aliphatic hydroxyl groups is 3. The Hall–Kier alpha value is -2.40. The molecule has 0 spiro atoms. The van der Waals surface area contributed by atoms with Crippen LogP contribution in [-0.2, 0) is 9.53 Å². The number of rotatable bonds is 4. The summed E-state index contributed by atoms with van der Waals surface area (Å²) >= 11 is 0. The third kappa shape index (κ3) is 3.35. The minimum atomic E-state index is -1.87. The van der Waals surface area contributed by atoms with Crippen LogP contribution in [-0.4, -0.2) is 68.2 Å². The fraction of sp³-hybridized carbons (Fsp3) is 0.385. The van der Waals surface area contributed by atoms with Crippen LogP contribution in [0.2, 0.25) is 0 Å². The number of aromatic carboxylic acids is 1. The molecule has 23 heavy (non-hydrogen) atoms. The summed E-state index contributed by atoms with van der Waals surface area (Å²) in [5.41, 5.74) is 5.39. The monoisotopic (exact) mass is 329 g/mol. The summed E-state index contributed by atoms with van der Waals surface area (Å²) in [5.74, 6) is -3.21. The lowest BCUT2D eigenvalue weighted by Crippen LogP contribution is -2.61. The molecule has 0 unspecified atom stereocenters. The van der Waals surface area contributed by atoms with E-state index < -0.39 is 42.6 Å². The minimum absolute atomic E-state index is 0.158. The second-order valence-electron chi connectivity index (χ2n) is 4.91. The average Bonchev–Trinajstić information content (AvgIpc) is 2.47. The lowest BCUT2D eigenvalue weighted by molar-refractivity contribution is -0.271. The fourth-order valence-corrected chi connectivity index (χ4v) is 2.09. The summed E-state index contributed by atoms with van der Waals surface area (Å²) in [7, 11) is 0. The molecule has 7 N–H and O–H groups in total. The fourth-order valence-electron chi connectivity index (χ4n) is 2.09. The normalized spacial score (nSPS) is 30.7. The van der Waals surface area contributed by atoms with E-state index >= 15 is 0 Å². The number of benzene rings is 1. The van der Waals surface area contributed by atoms with Gasteiger partial charge in [0, 0.05) is 11.8 Å². The van der Waals surface area contributed by atoms with Crippen molar-refractivity contribution in [1.29, 1.82) is 0 Å². The van der Waals surface area contributed by atoms with E-state index in [0.29, 0.717) is 0 Å². The molecule has 1 aliphatic heterocycles. The predicted octanol–water partition coefficient (Wildman–Crippen LogP) is -1.76. The molecule has 10 heteroatoms. The van der Waals surface area contributed by atoms with Crippen molar-refractivity contribution in [3.63, 3.8) is 0 Å². The first-order chi connectivity index (χ1) is 10.7. The van der Waals surface area contributed by atoms with Gasteiger partial charge in [0.2, 0.25) is 6.29 Å². The quantitative estimate of drug-likeness (QED) is 0.346. The van der Waals surface area contributed by atoms with Crippen LogP contribution in [0.4, 0.5) is 5.69 Å². The van der Waals surface area contributed by atoms with Gasteiger partial charge in [-0.05, 0) is 12.1 Å². The highest BCUT2D eigenvalue weighted by molar-refractivity contribution is 5.91. The number of nitrogens with two attached hydrogens (primary N) is 1. The van der Waals surface area contributed by atoms with Gasteiger partial charge in [0.1, 0.15) is 29.6 Å². The number of hydrogen-bond acceptors (Lipinski definition) is 8. The number of carboxylic acids is 2. The molecule has 0 amide bonds. The molecule has 1 aromatic rings. The van der Waals surface area contributed by atoms with E-state index in [1.54, 1.807) is 0 Å². The number of hydrogen-bond donors (Lipinski definition) is 6. The van der Waals surface area contributed by atoms with Gasteiger partial charge in [0.15, 0.2) is 6.10 Å². The molecule has 2 rings (SSSR count). The maximum Gasteiger partial charge on any atom is 0.339 e. The van der Waals surface area contributed by atoms with Crippen molar-refractivity contribution in [2.75, 3.05) is 5.73 Å². The van der Waals surface area contributed by atoms with Crippen molar-refractivity contribution in [3.05, 3.63) is 23.8 Å². The average molecular weight is 329 g/mol. The first-order valence-corrected chi connectivity index (χ1v) is 6.44. The zero-order valence-electron chi connectivity index (χ0n) is 11.6. The molecule has 0 bridgehead atoms. The number of carbonyl (C=O) groups is 2. The molecule has 10 nitrogen and oxygen atoms in total. The zero-order chi connectivity index (χ0) is 17.3. The summed E-state index contributed by atoms with van der Waals surface area (Å²) in [4.78, 5) is 22.1. The zero-order valence-corrected chi connectivity index (χ0v) is 11.6. The summed E-state index contributed by atoms with van der Waals surface area (Å²) in [5, 5.41) is 47.1. The van der Waals surface area contributed by atoms with Gasteiger partial charge in [-0.3, -0.25) is 0 Å². The molecule has 1 aromatic carbocycles. The molecule has 1 aliphatic rings. The van der Waals surface area contributed by atoms with Gasteiger partial charge in [0.25, 0.3) is 0 Å².